The van der Waals surface area contributed by atoms with Crippen molar-refractivity contribution in [1.29, 1.82) is 0 Å². The minimum atomic E-state index is 0.644. The summed E-state index contributed by atoms with van der Waals surface area (Å²) in [5.41, 5.74) is 11.1. The first kappa shape index (κ1) is 16.4. The Morgan fingerprint density at radius 1 is 1.00 bits per heavy atom. The SMILES string of the molecule is CN(Cc1ccccc1)c1ncnc(N2CCc3ccccc3C2)c1N. The van der Waals surface area contributed by atoms with Gasteiger partial charge < -0.3 is 15.5 Å². The van der Waals surface area contributed by atoms with E-state index in [1.807, 2.05) is 25.2 Å². The highest BCUT2D eigenvalue weighted by atomic mass is 15.2. The van der Waals surface area contributed by atoms with E-state index < -0.39 is 0 Å². The Kier molecular flexibility index (Phi) is 4.44. The third kappa shape index (κ3) is 3.20. The Morgan fingerprint density at radius 3 is 2.54 bits per heavy atom. The Bertz CT molecular complexity index is 894. The van der Waals surface area contributed by atoms with Crippen LogP contribution in [0, 0.1) is 0 Å². The molecule has 0 atom stereocenters. The quantitative estimate of drug-likeness (QED) is 0.786. The molecule has 26 heavy (non-hydrogen) atoms. The summed E-state index contributed by atoms with van der Waals surface area (Å²) in [4.78, 5) is 13.3. The number of benzene rings is 2. The summed E-state index contributed by atoms with van der Waals surface area (Å²) in [5.74, 6) is 1.60. The van der Waals surface area contributed by atoms with Crippen molar-refractivity contribution in [2.45, 2.75) is 19.5 Å². The first-order chi connectivity index (χ1) is 12.7. The molecule has 2 aromatic carbocycles. The van der Waals surface area contributed by atoms with Crippen LogP contribution in [0.3, 0.4) is 0 Å². The second-order valence-electron chi connectivity index (χ2n) is 6.72. The van der Waals surface area contributed by atoms with Gasteiger partial charge in [0.05, 0.1) is 0 Å². The zero-order valence-corrected chi connectivity index (χ0v) is 15.0. The normalized spacial score (nSPS) is 13.3. The summed E-state index contributed by atoms with van der Waals surface area (Å²) in [7, 11) is 2.01. The average molecular weight is 345 g/mol. The highest BCUT2D eigenvalue weighted by Gasteiger charge is 2.21. The monoisotopic (exact) mass is 345 g/mol. The summed E-state index contributed by atoms with van der Waals surface area (Å²) >= 11 is 0. The van der Waals surface area contributed by atoms with Crippen LogP contribution in [-0.2, 0) is 19.5 Å². The van der Waals surface area contributed by atoms with E-state index in [2.05, 4.69) is 56.2 Å². The number of aromatic nitrogens is 2. The van der Waals surface area contributed by atoms with Crippen molar-refractivity contribution < 1.29 is 0 Å². The number of hydrogen-bond acceptors (Lipinski definition) is 5. The first-order valence-electron chi connectivity index (χ1n) is 8.89. The predicted octanol–water partition coefficient (Wildman–Crippen LogP) is 3.26. The van der Waals surface area contributed by atoms with Crippen molar-refractivity contribution in [2.75, 3.05) is 29.1 Å². The van der Waals surface area contributed by atoms with Crippen LogP contribution >= 0.6 is 0 Å². The van der Waals surface area contributed by atoms with Crippen LogP contribution in [0.5, 0.6) is 0 Å². The lowest BCUT2D eigenvalue weighted by Crippen LogP contribution is -2.32. The standard InChI is InChI=1S/C21H23N5/c1-25(13-16-7-3-2-4-8-16)20-19(22)21(24-15-23-20)26-12-11-17-9-5-6-10-18(17)14-26/h2-10,15H,11-14,22H2,1H3. The van der Waals surface area contributed by atoms with E-state index in [9.17, 15) is 0 Å². The molecule has 132 valence electrons. The van der Waals surface area contributed by atoms with E-state index in [1.165, 1.54) is 16.7 Å². The fourth-order valence-electron chi connectivity index (χ4n) is 3.54. The molecule has 0 bridgehead atoms. The second kappa shape index (κ2) is 7.04. The van der Waals surface area contributed by atoms with E-state index >= 15 is 0 Å². The number of nitrogens with two attached hydrogens (primary N) is 1. The maximum Gasteiger partial charge on any atom is 0.157 e. The lowest BCUT2D eigenvalue weighted by molar-refractivity contribution is 0.719. The molecular weight excluding hydrogens is 322 g/mol. The predicted molar refractivity (Wildman–Crippen MR) is 106 cm³/mol. The molecule has 0 fully saturated rings. The molecule has 1 aliphatic heterocycles. The number of nitrogens with zero attached hydrogens (tertiary/aromatic N) is 4. The van der Waals surface area contributed by atoms with Gasteiger partial charge in [-0.05, 0) is 23.1 Å². The summed E-state index contributed by atoms with van der Waals surface area (Å²) in [6.07, 6.45) is 2.62. The van der Waals surface area contributed by atoms with Crippen LogP contribution in [0.25, 0.3) is 0 Å². The molecule has 4 rings (SSSR count). The third-order valence-electron chi connectivity index (χ3n) is 4.90. The summed E-state index contributed by atoms with van der Waals surface area (Å²) in [6.45, 7) is 2.50. The molecule has 2 N–H and O–H groups in total. The smallest absolute Gasteiger partial charge is 0.157 e. The molecule has 1 aromatic heterocycles. The van der Waals surface area contributed by atoms with Crippen LogP contribution in [-0.4, -0.2) is 23.6 Å². The average Bonchev–Trinajstić information content (AvgIpc) is 2.68. The van der Waals surface area contributed by atoms with Gasteiger partial charge in [-0.25, -0.2) is 9.97 Å². The maximum absolute atomic E-state index is 6.48. The topological polar surface area (TPSA) is 58.3 Å². The molecule has 0 aliphatic carbocycles. The number of rotatable bonds is 4. The van der Waals surface area contributed by atoms with Gasteiger partial charge in [0.2, 0.25) is 0 Å². The zero-order chi connectivity index (χ0) is 17.9. The lowest BCUT2D eigenvalue weighted by atomic mass is 10.00. The first-order valence-corrected chi connectivity index (χ1v) is 8.89. The number of hydrogen-bond donors (Lipinski definition) is 1. The Hall–Kier alpha value is -3.08. The zero-order valence-electron chi connectivity index (χ0n) is 15.0. The van der Waals surface area contributed by atoms with Gasteiger partial charge in [-0.1, -0.05) is 54.6 Å². The molecule has 5 heteroatoms. The van der Waals surface area contributed by atoms with Gasteiger partial charge >= 0.3 is 0 Å². The van der Waals surface area contributed by atoms with Crippen molar-refractivity contribution in [1.82, 2.24) is 9.97 Å². The van der Waals surface area contributed by atoms with Crippen LogP contribution in [0.15, 0.2) is 60.9 Å². The number of fused-ring (bicyclic) bond motifs is 1. The Morgan fingerprint density at radius 2 is 1.73 bits per heavy atom. The highest BCUT2D eigenvalue weighted by molar-refractivity contribution is 5.75. The summed E-state index contributed by atoms with van der Waals surface area (Å²) < 4.78 is 0. The molecule has 0 unspecified atom stereocenters. The fourth-order valence-corrected chi connectivity index (χ4v) is 3.54. The van der Waals surface area contributed by atoms with Gasteiger partial charge in [0, 0.05) is 26.7 Å². The largest absolute Gasteiger partial charge is 0.393 e. The van der Waals surface area contributed by atoms with Gasteiger partial charge in [-0.2, -0.15) is 0 Å². The van der Waals surface area contributed by atoms with E-state index in [-0.39, 0.29) is 0 Å². The van der Waals surface area contributed by atoms with Gasteiger partial charge in [-0.15, -0.1) is 0 Å². The second-order valence-corrected chi connectivity index (χ2v) is 6.72. The van der Waals surface area contributed by atoms with Crippen molar-refractivity contribution in [3.05, 3.63) is 77.6 Å². The van der Waals surface area contributed by atoms with Crippen molar-refractivity contribution in [3.8, 4) is 0 Å². The summed E-state index contributed by atoms with van der Waals surface area (Å²) in [5, 5.41) is 0. The van der Waals surface area contributed by atoms with E-state index in [4.69, 9.17) is 5.73 Å². The number of anilines is 3. The third-order valence-corrected chi connectivity index (χ3v) is 4.90. The Labute approximate surface area is 154 Å². The molecule has 5 nitrogen and oxygen atoms in total. The molecular formula is C21H23N5. The minimum absolute atomic E-state index is 0.644. The fraction of sp³-hybridized carbons (Fsp3) is 0.238. The minimum Gasteiger partial charge on any atom is -0.393 e. The number of nitrogen functional groups attached to an aromatic ring is 1. The van der Waals surface area contributed by atoms with Gasteiger partial charge in [-0.3, -0.25) is 0 Å². The van der Waals surface area contributed by atoms with Crippen LogP contribution in [0.2, 0.25) is 0 Å². The maximum atomic E-state index is 6.48. The molecule has 0 spiro atoms. The molecule has 0 saturated carbocycles. The van der Waals surface area contributed by atoms with Crippen molar-refractivity contribution in [3.63, 3.8) is 0 Å². The Balaban J connectivity index is 1.58. The van der Waals surface area contributed by atoms with Gasteiger partial charge in [0.15, 0.2) is 11.6 Å². The van der Waals surface area contributed by atoms with Crippen LogP contribution in [0.1, 0.15) is 16.7 Å². The van der Waals surface area contributed by atoms with Gasteiger partial charge in [0.1, 0.15) is 12.0 Å². The molecule has 1 aliphatic rings. The van der Waals surface area contributed by atoms with Crippen LogP contribution in [0.4, 0.5) is 17.3 Å². The van der Waals surface area contributed by atoms with Gasteiger partial charge in [0.25, 0.3) is 0 Å². The van der Waals surface area contributed by atoms with E-state index in [0.717, 1.165) is 37.7 Å². The van der Waals surface area contributed by atoms with E-state index in [1.54, 1.807) is 6.33 Å². The highest BCUT2D eigenvalue weighted by Crippen LogP contribution is 2.32. The van der Waals surface area contributed by atoms with Crippen molar-refractivity contribution >= 4 is 17.3 Å². The lowest BCUT2D eigenvalue weighted by Gasteiger charge is -2.31. The molecule has 0 amide bonds. The summed E-state index contributed by atoms with van der Waals surface area (Å²) in [6, 6.07) is 18.9. The van der Waals surface area contributed by atoms with Crippen molar-refractivity contribution in [2.24, 2.45) is 0 Å². The molecule has 2 heterocycles. The molecule has 0 radical (unpaired) electrons. The molecule has 0 saturated heterocycles. The van der Waals surface area contributed by atoms with Crippen LogP contribution < -0.4 is 15.5 Å². The van der Waals surface area contributed by atoms with E-state index in [0.29, 0.717) is 5.69 Å². The molecule has 3 aromatic rings.